The van der Waals surface area contributed by atoms with Crippen molar-refractivity contribution in [2.45, 2.75) is 0 Å². The molecule has 10 heavy (non-hydrogen) atoms. The molecule has 0 saturated heterocycles. The molecule has 0 rings (SSSR count). The molecule has 0 heterocycles. The van der Waals surface area contributed by atoms with Crippen LogP contribution < -0.4 is 103 Å². The summed E-state index contributed by atoms with van der Waals surface area (Å²) in [6.07, 6.45) is 0. The number of hydrogen-bond donors (Lipinski definition) is 0. The van der Waals surface area contributed by atoms with Crippen LogP contribution in [0.3, 0.4) is 0 Å². The second-order valence-corrected chi connectivity index (χ2v) is 15.2. The van der Waals surface area contributed by atoms with Gasteiger partial charge < -0.3 is 0 Å². The Morgan fingerprint density at radius 2 is 0.500 bits per heavy atom. The van der Waals surface area contributed by atoms with E-state index in [1.807, 2.05) is 0 Å². The molecule has 0 aliphatic rings. The van der Waals surface area contributed by atoms with Gasteiger partial charge in [0.25, 0.3) is 0 Å². The summed E-state index contributed by atoms with van der Waals surface area (Å²) in [6, 6.07) is 0. The van der Waals surface area contributed by atoms with Gasteiger partial charge in [0.2, 0.25) is 0 Å². The Morgan fingerprint density at radius 1 is 0.500 bits per heavy atom. The normalized spacial score (nSPS) is 9.00. The molecule has 0 amide bonds. The molecular formula is Cl6K2Rh2. The summed E-state index contributed by atoms with van der Waals surface area (Å²) in [5.41, 5.74) is 0. The second kappa shape index (κ2) is 20.6. The van der Waals surface area contributed by atoms with Gasteiger partial charge in [-0.2, -0.15) is 0 Å². The van der Waals surface area contributed by atoms with Crippen LogP contribution in [0.4, 0.5) is 0 Å². The van der Waals surface area contributed by atoms with Crippen molar-refractivity contribution in [1.29, 1.82) is 0 Å². The van der Waals surface area contributed by atoms with Gasteiger partial charge in [0.1, 0.15) is 0 Å². The zero-order chi connectivity index (χ0) is 7.15. The molecular weight excluding hydrogens is 497 g/mol. The van der Waals surface area contributed by atoms with Gasteiger partial charge in [-0.3, -0.25) is 0 Å². The number of hydrogen-bond acceptors (Lipinski definition) is 0. The van der Waals surface area contributed by atoms with Gasteiger partial charge >= 0.3 is 187 Å². The molecule has 0 atom stereocenters. The molecule has 0 aromatic rings. The van der Waals surface area contributed by atoms with Gasteiger partial charge in [-0.15, -0.1) is 0 Å². The Balaban J connectivity index is -0.0000000300. The molecule has 10 heteroatoms. The fraction of sp³-hybridized carbons (Fsp3) is 0. The minimum absolute atomic E-state index is 0. The topological polar surface area (TPSA) is 0 Å². The first kappa shape index (κ1) is 25.2. The molecule has 0 spiro atoms. The molecule has 0 nitrogen and oxygen atoms in total. The largest absolute Gasteiger partial charge is 1.00 e. The monoisotopic (exact) mass is 494 g/mol. The molecule has 0 aromatic heterocycles. The summed E-state index contributed by atoms with van der Waals surface area (Å²) < 4.78 is 0. The summed E-state index contributed by atoms with van der Waals surface area (Å²) in [5.74, 6) is 0. The van der Waals surface area contributed by atoms with Crippen molar-refractivity contribution in [3.05, 3.63) is 0 Å². The van der Waals surface area contributed by atoms with Gasteiger partial charge in [-0.05, 0) is 0 Å². The van der Waals surface area contributed by atoms with Crippen LogP contribution in [0.25, 0.3) is 0 Å². The van der Waals surface area contributed by atoms with Gasteiger partial charge in [-0.1, -0.05) is 0 Å². The van der Waals surface area contributed by atoms with Gasteiger partial charge in [0.15, 0.2) is 0 Å². The summed E-state index contributed by atoms with van der Waals surface area (Å²) in [4.78, 5) is 0. The Morgan fingerprint density at radius 3 is 0.500 bits per heavy atom. The van der Waals surface area contributed by atoms with E-state index in [9.17, 15) is 0 Å². The van der Waals surface area contributed by atoms with Crippen molar-refractivity contribution >= 4 is 58.1 Å². The van der Waals surface area contributed by atoms with E-state index in [2.05, 4.69) is 0 Å². The predicted octanol–water partition coefficient (Wildman–Crippen LogP) is -1.86. The maximum absolute atomic E-state index is 4.94. The third-order valence-electron chi connectivity index (χ3n) is 0. The van der Waals surface area contributed by atoms with Gasteiger partial charge in [0, 0.05) is 0 Å². The maximum Gasteiger partial charge on any atom is 1.00 e. The molecule has 0 fully saturated rings. The smallest absolute Gasteiger partial charge is 1.00 e. The third-order valence-corrected chi connectivity index (χ3v) is 0. The fourth-order valence-corrected chi connectivity index (χ4v) is 0. The average molecular weight is 497 g/mol. The van der Waals surface area contributed by atoms with Gasteiger partial charge in [0.05, 0.1) is 0 Å². The fourth-order valence-electron chi connectivity index (χ4n) is 0. The van der Waals surface area contributed by atoms with Crippen LogP contribution in [0.2, 0.25) is 0 Å². The zero-order valence-corrected chi connectivity index (χ0v) is 19.0. The zero-order valence-electron chi connectivity index (χ0n) is 4.93. The van der Waals surface area contributed by atoms with Crippen LogP contribution >= 0.6 is 58.1 Å². The Labute approximate surface area is 181 Å². The molecule has 0 N–H and O–H groups in total. The van der Waals surface area contributed by atoms with E-state index in [0.29, 0.717) is 0 Å². The van der Waals surface area contributed by atoms with E-state index in [4.69, 9.17) is 58.1 Å². The molecule has 0 aliphatic carbocycles. The van der Waals surface area contributed by atoms with Crippen molar-refractivity contribution in [2.75, 3.05) is 0 Å². The van der Waals surface area contributed by atoms with E-state index in [1.165, 1.54) is 0 Å². The molecule has 0 unspecified atom stereocenters. The SMILES string of the molecule is [Cl][Rh-]([Cl])[Cl].[Cl][Rh-]([Cl])[Cl].[K+].[K+]. The molecule has 0 bridgehead atoms. The van der Waals surface area contributed by atoms with Crippen molar-refractivity contribution in [3.8, 4) is 0 Å². The summed E-state index contributed by atoms with van der Waals surface area (Å²) in [7, 11) is 29.6. The first-order valence-corrected chi connectivity index (χ1v) is 13.4. The van der Waals surface area contributed by atoms with E-state index in [1.54, 1.807) is 0 Å². The van der Waals surface area contributed by atoms with Crippen molar-refractivity contribution < 1.29 is 129 Å². The second-order valence-electron chi connectivity index (χ2n) is 0.286. The quantitative estimate of drug-likeness (QED) is 0.345. The predicted molar refractivity (Wildman–Crippen MR) is 35.1 cm³/mol. The van der Waals surface area contributed by atoms with Crippen LogP contribution in [0.15, 0.2) is 0 Å². The molecule has 62 valence electrons. The van der Waals surface area contributed by atoms with Crippen molar-refractivity contribution in [3.63, 3.8) is 0 Å². The summed E-state index contributed by atoms with van der Waals surface area (Å²) >= 11 is -3.32. The average Bonchev–Trinajstić information content (AvgIpc) is 1.25. The van der Waals surface area contributed by atoms with Crippen molar-refractivity contribution in [1.82, 2.24) is 0 Å². The summed E-state index contributed by atoms with van der Waals surface area (Å²) in [6.45, 7) is 0. The first-order chi connectivity index (χ1) is 3.46. The Kier molecular flexibility index (Phi) is 52.0. The number of rotatable bonds is 0. The molecule has 0 aliphatic heterocycles. The molecule has 0 saturated carbocycles. The molecule has 0 aromatic carbocycles. The first-order valence-electron chi connectivity index (χ1n) is 0.756. The van der Waals surface area contributed by atoms with E-state index in [-0.39, 0.29) is 103 Å². The Hall–Kier alpha value is 6.26. The van der Waals surface area contributed by atoms with Crippen LogP contribution in [0.1, 0.15) is 0 Å². The van der Waals surface area contributed by atoms with E-state index >= 15 is 0 Å². The maximum atomic E-state index is 4.94. The minimum Gasteiger partial charge on any atom is 1.00 e. The van der Waals surface area contributed by atoms with E-state index in [0.717, 1.165) is 0 Å². The minimum atomic E-state index is -1.66. The van der Waals surface area contributed by atoms with E-state index < -0.39 is 26.0 Å². The third kappa shape index (κ3) is 64.0. The number of halogens is 6. The van der Waals surface area contributed by atoms with Crippen LogP contribution in [-0.4, -0.2) is 0 Å². The van der Waals surface area contributed by atoms with Crippen LogP contribution in [-0.2, 0) is 26.0 Å². The standard InChI is InChI=1S/6ClH.2K.2Rh/h6*1H;;;;/q;;;;;;2*+1;2*+2/p-6. The summed E-state index contributed by atoms with van der Waals surface area (Å²) in [5, 5.41) is 0. The van der Waals surface area contributed by atoms with Gasteiger partial charge in [-0.25, -0.2) is 0 Å². The van der Waals surface area contributed by atoms with Crippen LogP contribution in [0.5, 0.6) is 0 Å². The van der Waals surface area contributed by atoms with Crippen LogP contribution in [0, 0.1) is 0 Å². The van der Waals surface area contributed by atoms with Crippen molar-refractivity contribution in [2.24, 2.45) is 0 Å². The Bertz CT molecular complexity index is 29.2. The molecule has 0 radical (unpaired) electrons.